The molecule has 0 unspecified atom stereocenters. The largest absolute Gasteiger partial charge is 0.334 e. The van der Waals surface area contributed by atoms with E-state index in [-0.39, 0.29) is 23.6 Å². The molecule has 22 heavy (non-hydrogen) atoms. The van der Waals surface area contributed by atoms with Crippen LogP contribution in [0.3, 0.4) is 0 Å². The van der Waals surface area contributed by atoms with Gasteiger partial charge in [0.05, 0.1) is 4.92 Å². The van der Waals surface area contributed by atoms with Gasteiger partial charge in [-0.1, -0.05) is 24.3 Å². The van der Waals surface area contributed by atoms with Crippen LogP contribution in [0.5, 0.6) is 0 Å². The van der Waals surface area contributed by atoms with Gasteiger partial charge in [-0.3, -0.25) is 14.9 Å². The Hall–Kier alpha value is -2.76. The predicted molar refractivity (Wildman–Crippen MR) is 79.9 cm³/mol. The Morgan fingerprint density at radius 2 is 1.95 bits per heavy atom. The van der Waals surface area contributed by atoms with E-state index >= 15 is 0 Å². The minimum Gasteiger partial charge on any atom is -0.334 e. The molecule has 1 amide bonds. The molecule has 5 nitrogen and oxygen atoms in total. The predicted octanol–water partition coefficient (Wildman–Crippen LogP) is 3.40. The van der Waals surface area contributed by atoms with Gasteiger partial charge in [0.2, 0.25) is 0 Å². The average molecular weight is 302 g/mol. The van der Waals surface area contributed by atoms with Gasteiger partial charge in [-0.15, -0.1) is 0 Å². The Kier molecular flexibility index (Phi) is 4.83. The summed E-state index contributed by atoms with van der Waals surface area (Å²) in [7, 11) is 0. The number of carbonyl (C=O) groups excluding carboxylic acids is 1. The molecule has 0 aliphatic heterocycles. The summed E-state index contributed by atoms with van der Waals surface area (Å²) in [6.07, 6.45) is 0. The number of hydrogen-bond donors (Lipinski definition) is 0. The highest BCUT2D eigenvalue weighted by atomic mass is 19.1. The monoisotopic (exact) mass is 302 g/mol. The second-order valence-corrected chi connectivity index (χ2v) is 4.72. The van der Waals surface area contributed by atoms with Crippen molar-refractivity contribution < 1.29 is 14.1 Å². The lowest BCUT2D eigenvalue weighted by Crippen LogP contribution is -2.30. The molecule has 0 bridgehead atoms. The SMILES string of the molecule is CCN(Cc1cccc(F)c1)C(=O)c1ccccc1[N+](=O)[O-]. The molecule has 0 saturated heterocycles. The quantitative estimate of drug-likeness (QED) is 0.628. The number of hydrogen-bond acceptors (Lipinski definition) is 3. The zero-order valence-electron chi connectivity index (χ0n) is 12.0. The Morgan fingerprint density at radius 1 is 1.23 bits per heavy atom. The van der Waals surface area contributed by atoms with Crippen LogP contribution in [0.25, 0.3) is 0 Å². The van der Waals surface area contributed by atoms with Crippen molar-refractivity contribution in [2.45, 2.75) is 13.5 Å². The minimum absolute atomic E-state index is 0.0331. The van der Waals surface area contributed by atoms with E-state index < -0.39 is 10.8 Å². The van der Waals surface area contributed by atoms with Gasteiger partial charge >= 0.3 is 0 Å². The number of para-hydroxylation sites is 1. The van der Waals surface area contributed by atoms with Crippen LogP contribution < -0.4 is 0 Å². The van der Waals surface area contributed by atoms with Crippen molar-refractivity contribution in [2.75, 3.05) is 6.54 Å². The summed E-state index contributed by atoms with van der Waals surface area (Å²) >= 11 is 0. The fourth-order valence-corrected chi connectivity index (χ4v) is 2.17. The number of halogens is 1. The first-order valence-electron chi connectivity index (χ1n) is 6.80. The van der Waals surface area contributed by atoms with E-state index in [1.807, 2.05) is 0 Å². The number of nitro groups is 1. The van der Waals surface area contributed by atoms with Crippen LogP contribution in [0.15, 0.2) is 48.5 Å². The minimum atomic E-state index is -0.580. The maximum Gasteiger partial charge on any atom is 0.282 e. The lowest BCUT2D eigenvalue weighted by Gasteiger charge is -2.21. The second kappa shape index (κ2) is 6.80. The smallest absolute Gasteiger partial charge is 0.282 e. The van der Waals surface area contributed by atoms with Crippen molar-refractivity contribution in [1.29, 1.82) is 0 Å². The summed E-state index contributed by atoms with van der Waals surface area (Å²) in [5.41, 5.74) is 0.435. The standard InChI is InChI=1S/C16H15FN2O3/c1-2-18(11-12-6-5-7-13(17)10-12)16(20)14-8-3-4-9-15(14)19(21)22/h3-10H,2,11H2,1H3. The van der Waals surface area contributed by atoms with Gasteiger partial charge in [-0.2, -0.15) is 0 Å². The molecule has 0 fully saturated rings. The molecular weight excluding hydrogens is 287 g/mol. The van der Waals surface area contributed by atoms with E-state index in [2.05, 4.69) is 0 Å². The van der Waals surface area contributed by atoms with E-state index in [4.69, 9.17) is 0 Å². The zero-order chi connectivity index (χ0) is 16.1. The maximum atomic E-state index is 13.2. The summed E-state index contributed by atoms with van der Waals surface area (Å²) in [6, 6.07) is 11.7. The first kappa shape index (κ1) is 15.6. The van der Waals surface area contributed by atoms with E-state index in [1.165, 1.54) is 35.2 Å². The molecule has 6 heteroatoms. The van der Waals surface area contributed by atoms with Crippen molar-refractivity contribution in [3.8, 4) is 0 Å². The van der Waals surface area contributed by atoms with Gasteiger partial charge in [0.15, 0.2) is 0 Å². The van der Waals surface area contributed by atoms with E-state index in [9.17, 15) is 19.3 Å². The lowest BCUT2D eigenvalue weighted by molar-refractivity contribution is -0.385. The summed E-state index contributed by atoms with van der Waals surface area (Å²) in [5, 5.41) is 11.0. The molecule has 0 radical (unpaired) electrons. The number of nitro benzene ring substituents is 1. The number of amides is 1. The van der Waals surface area contributed by atoms with Crippen LogP contribution in [0.2, 0.25) is 0 Å². The molecule has 0 atom stereocenters. The first-order valence-corrected chi connectivity index (χ1v) is 6.80. The van der Waals surface area contributed by atoms with Crippen molar-refractivity contribution in [1.82, 2.24) is 4.90 Å². The van der Waals surface area contributed by atoms with Crippen LogP contribution >= 0.6 is 0 Å². The maximum absolute atomic E-state index is 13.2. The number of rotatable bonds is 5. The summed E-state index contributed by atoms with van der Waals surface area (Å²) in [5.74, 6) is -0.828. The van der Waals surface area contributed by atoms with E-state index in [1.54, 1.807) is 25.1 Å². The molecule has 0 aliphatic rings. The number of nitrogens with zero attached hydrogens (tertiary/aromatic N) is 2. The molecule has 0 aromatic heterocycles. The Labute approximate surface area is 127 Å². The summed E-state index contributed by atoms with van der Waals surface area (Å²) in [4.78, 5) is 24.4. The van der Waals surface area contributed by atoms with Crippen LogP contribution in [0.1, 0.15) is 22.8 Å². The first-order chi connectivity index (χ1) is 10.5. The Bertz CT molecular complexity index is 703. The number of benzene rings is 2. The third kappa shape index (κ3) is 3.46. The van der Waals surface area contributed by atoms with Gasteiger partial charge in [-0.25, -0.2) is 4.39 Å². The average Bonchev–Trinajstić information content (AvgIpc) is 2.52. The molecule has 2 rings (SSSR count). The fraction of sp³-hybridized carbons (Fsp3) is 0.188. The van der Waals surface area contributed by atoms with Gasteiger partial charge in [0.1, 0.15) is 11.4 Å². The van der Waals surface area contributed by atoms with Gasteiger partial charge < -0.3 is 4.90 Å². The van der Waals surface area contributed by atoms with Crippen molar-refractivity contribution >= 4 is 11.6 Å². The van der Waals surface area contributed by atoms with Crippen LogP contribution in [0, 0.1) is 15.9 Å². The molecule has 0 N–H and O–H groups in total. The topological polar surface area (TPSA) is 63.5 Å². The second-order valence-electron chi connectivity index (χ2n) is 4.72. The van der Waals surface area contributed by atoms with Crippen molar-refractivity contribution in [3.05, 3.63) is 75.6 Å². The zero-order valence-corrected chi connectivity index (χ0v) is 12.0. The summed E-state index contributed by atoms with van der Waals surface area (Å²) < 4.78 is 13.2. The molecule has 114 valence electrons. The molecule has 0 heterocycles. The lowest BCUT2D eigenvalue weighted by atomic mass is 10.1. The normalized spacial score (nSPS) is 10.3. The molecule has 2 aromatic carbocycles. The third-order valence-corrected chi connectivity index (χ3v) is 3.26. The van der Waals surface area contributed by atoms with Crippen molar-refractivity contribution in [2.24, 2.45) is 0 Å². The molecular formula is C16H15FN2O3. The van der Waals surface area contributed by atoms with E-state index in [0.29, 0.717) is 12.1 Å². The Morgan fingerprint density at radius 3 is 2.59 bits per heavy atom. The highest BCUT2D eigenvalue weighted by Gasteiger charge is 2.23. The van der Waals surface area contributed by atoms with Gasteiger partial charge in [-0.05, 0) is 30.7 Å². The summed E-state index contributed by atoms with van der Waals surface area (Å²) in [6.45, 7) is 2.33. The van der Waals surface area contributed by atoms with E-state index in [0.717, 1.165) is 0 Å². The Balaban J connectivity index is 2.28. The third-order valence-electron chi connectivity index (χ3n) is 3.26. The highest BCUT2D eigenvalue weighted by molar-refractivity contribution is 5.98. The van der Waals surface area contributed by atoms with Crippen LogP contribution in [0.4, 0.5) is 10.1 Å². The molecule has 2 aromatic rings. The highest BCUT2D eigenvalue weighted by Crippen LogP contribution is 2.20. The molecule has 0 aliphatic carbocycles. The van der Waals surface area contributed by atoms with Crippen molar-refractivity contribution in [3.63, 3.8) is 0 Å². The van der Waals surface area contributed by atoms with Gasteiger partial charge in [0.25, 0.3) is 11.6 Å². The van der Waals surface area contributed by atoms with Crippen LogP contribution in [-0.4, -0.2) is 22.3 Å². The number of carbonyl (C=O) groups is 1. The van der Waals surface area contributed by atoms with Crippen LogP contribution in [-0.2, 0) is 6.54 Å². The molecule has 0 spiro atoms. The molecule has 0 saturated carbocycles. The van der Waals surface area contributed by atoms with Gasteiger partial charge in [0, 0.05) is 19.2 Å². The fourth-order valence-electron chi connectivity index (χ4n) is 2.17.